The van der Waals surface area contributed by atoms with E-state index >= 15 is 0 Å². The molecule has 2 heterocycles. The van der Waals surface area contributed by atoms with Crippen LogP contribution in [0.4, 0.5) is 10.1 Å². The monoisotopic (exact) mass is 432 g/mol. The first-order valence-electron chi connectivity index (χ1n) is 10.8. The van der Waals surface area contributed by atoms with Crippen LogP contribution in [0.15, 0.2) is 48.7 Å². The lowest BCUT2D eigenvalue weighted by Gasteiger charge is -2.34. The molecule has 0 saturated carbocycles. The Morgan fingerprint density at radius 1 is 1.28 bits per heavy atom. The highest BCUT2D eigenvalue weighted by molar-refractivity contribution is 5.95. The number of pyridine rings is 1. The molecular weight excluding hydrogens is 407 g/mol. The average molecular weight is 432 g/mol. The van der Waals surface area contributed by atoms with Gasteiger partial charge in [0.05, 0.1) is 23.4 Å². The summed E-state index contributed by atoms with van der Waals surface area (Å²) in [7, 11) is 0. The van der Waals surface area contributed by atoms with Crippen LogP contribution in [0.5, 0.6) is 5.75 Å². The number of anilines is 1. The number of benzene rings is 2. The van der Waals surface area contributed by atoms with E-state index in [-0.39, 0.29) is 24.2 Å². The minimum absolute atomic E-state index is 0.0633. The molecular formula is C25H25FN4O2. The van der Waals surface area contributed by atoms with Gasteiger partial charge in [-0.25, -0.2) is 4.39 Å². The lowest BCUT2D eigenvalue weighted by Crippen LogP contribution is -2.40. The van der Waals surface area contributed by atoms with Crippen molar-refractivity contribution >= 4 is 22.5 Å². The van der Waals surface area contributed by atoms with Crippen LogP contribution in [0.1, 0.15) is 30.9 Å². The number of fused-ring (bicyclic) bond motifs is 1. The minimum atomic E-state index is -0.317. The Bertz CT molecular complexity index is 1170. The molecule has 0 aliphatic carbocycles. The highest BCUT2D eigenvalue weighted by atomic mass is 19.1. The summed E-state index contributed by atoms with van der Waals surface area (Å²) in [6, 6.07) is 14.4. The third-order valence-electron chi connectivity index (χ3n) is 5.84. The van der Waals surface area contributed by atoms with Crippen LogP contribution in [0.25, 0.3) is 10.9 Å². The molecule has 1 aliphatic heterocycles. The third-order valence-corrected chi connectivity index (χ3v) is 5.84. The van der Waals surface area contributed by atoms with E-state index in [4.69, 9.17) is 4.74 Å². The predicted octanol–water partition coefficient (Wildman–Crippen LogP) is 4.18. The van der Waals surface area contributed by atoms with E-state index in [0.717, 1.165) is 22.3 Å². The number of nitrogens with one attached hydrogen (secondary N) is 1. The highest BCUT2D eigenvalue weighted by Crippen LogP contribution is 2.34. The third kappa shape index (κ3) is 4.50. The molecule has 1 aliphatic rings. The molecule has 32 heavy (non-hydrogen) atoms. The van der Waals surface area contributed by atoms with Crippen LogP contribution >= 0.6 is 0 Å². The first-order chi connectivity index (χ1) is 15.6. The summed E-state index contributed by atoms with van der Waals surface area (Å²) in [4.78, 5) is 19.2. The van der Waals surface area contributed by atoms with Gasteiger partial charge in [0.15, 0.2) is 0 Å². The number of halogens is 1. The second-order valence-electron chi connectivity index (χ2n) is 7.81. The van der Waals surface area contributed by atoms with E-state index in [9.17, 15) is 14.4 Å². The maximum atomic E-state index is 13.8. The normalized spacial score (nSPS) is 14.2. The Hall–Kier alpha value is -3.66. The van der Waals surface area contributed by atoms with E-state index in [0.29, 0.717) is 43.7 Å². The summed E-state index contributed by atoms with van der Waals surface area (Å²) in [6.07, 6.45) is 2.91. The number of carbonyl (C=O) groups excluding carboxylic acids is 1. The van der Waals surface area contributed by atoms with E-state index in [1.165, 1.54) is 6.07 Å². The first kappa shape index (κ1) is 21.6. The van der Waals surface area contributed by atoms with Gasteiger partial charge in [0, 0.05) is 42.7 Å². The summed E-state index contributed by atoms with van der Waals surface area (Å²) < 4.78 is 19.4. The smallest absolute Gasteiger partial charge is 0.223 e. The molecule has 1 saturated heterocycles. The van der Waals surface area contributed by atoms with Gasteiger partial charge in [-0.05, 0) is 44.0 Å². The number of piperidine rings is 1. The van der Waals surface area contributed by atoms with Gasteiger partial charge in [0.1, 0.15) is 17.6 Å². The molecule has 1 amide bonds. The molecule has 0 atom stereocenters. The van der Waals surface area contributed by atoms with Gasteiger partial charge in [0.25, 0.3) is 0 Å². The molecule has 0 radical (unpaired) electrons. The molecule has 7 heteroatoms. The van der Waals surface area contributed by atoms with Crippen molar-refractivity contribution in [3.05, 3.63) is 65.6 Å². The number of carbonyl (C=O) groups is 1. The van der Waals surface area contributed by atoms with Crippen LogP contribution in [0.2, 0.25) is 0 Å². The van der Waals surface area contributed by atoms with E-state index in [2.05, 4.69) is 21.3 Å². The van der Waals surface area contributed by atoms with Crippen LogP contribution in [-0.4, -0.2) is 30.6 Å². The predicted molar refractivity (Wildman–Crippen MR) is 121 cm³/mol. The van der Waals surface area contributed by atoms with Crippen LogP contribution < -0.4 is 15.0 Å². The molecule has 3 aromatic rings. The van der Waals surface area contributed by atoms with Gasteiger partial charge in [-0.15, -0.1) is 0 Å². The number of aromatic nitrogens is 1. The van der Waals surface area contributed by atoms with Crippen molar-refractivity contribution in [1.82, 2.24) is 10.3 Å². The van der Waals surface area contributed by atoms with Crippen molar-refractivity contribution in [2.45, 2.75) is 26.3 Å². The summed E-state index contributed by atoms with van der Waals surface area (Å²) in [5.41, 5.74) is 2.62. The van der Waals surface area contributed by atoms with E-state index < -0.39 is 0 Å². The van der Waals surface area contributed by atoms with Gasteiger partial charge in [-0.2, -0.15) is 5.26 Å². The number of nitriles is 1. The topological polar surface area (TPSA) is 78.2 Å². The molecule has 1 fully saturated rings. The number of hydrogen-bond acceptors (Lipinski definition) is 5. The zero-order valence-electron chi connectivity index (χ0n) is 18.0. The fraction of sp³-hybridized carbons (Fsp3) is 0.320. The Morgan fingerprint density at radius 2 is 2.06 bits per heavy atom. The lowest BCUT2D eigenvalue weighted by molar-refractivity contribution is -0.125. The molecule has 164 valence electrons. The maximum absolute atomic E-state index is 13.8. The van der Waals surface area contributed by atoms with Crippen molar-refractivity contribution < 1.29 is 13.9 Å². The summed E-state index contributed by atoms with van der Waals surface area (Å²) >= 11 is 0. The zero-order valence-corrected chi connectivity index (χ0v) is 18.0. The van der Waals surface area contributed by atoms with Crippen LogP contribution in [-0.2, 0) is 11.3 Å². The van der Waals surface area contributed by atoms with Gasteiger partial charge in [0.2, 0.25) is 5.91 Å². The van der Waals surface area contributed by atoms with Crippen molar-refractivity contribution in [2.24, 2.45) is 5.92 Å². The number of nitrogens with zero attached hydrogens (tertiary/aromatic N) is 3. The standard InChI is InChI=1S/C25H25FN4O2/c1-2-32-20-7-8-23-21(13-20)24(19(14-27)16-28-23)30-11-9-17(10-12-30)25(31)29-15-18-5-3-4-6-22(18)26/h3-8,13,16-17H,2,9-12,15H2,1H3,(H,29,31). The van der Waals surface area contributed by atoms with Crippen molar-refractivity contribution in [3.8, 4) is 11.8 Å². The number of hydrogen-bond donors (Lipinski definition) is 1. The van der Waals surface area contributed by atoms with Crippen molar-refractivity contribution in [2.75, 3.05) is 24.6 Å². The molecule has 0 unspecified atom stereocenters. The van der Waals surface area contributed by atoms with Gasteiger partial charge >= 0.3 is 0 Å². The van der Waals surface area contributed by atoms with Gasteiger partial charge in [-0.3, -0.25) is 9.78 Å². The first-order valence-corrected chi connectivity index (χ1v) is 10.8. The van der Waals surface area contributed by atoms with E-state index in [1.807, 2.05) is 25.1 Å². The Balaban J connectivity index is 1.48. The quantitative estimate of drug-likeness (QED) is 0.632. The maximum Gasteiger partial charge on any atom is 0.223 e. The lowest BCUT2D eigenvalue weighted by atomic mass is 9.94. The molecule has 0 spiro atoms. The number of rotatable bonds is 6. The highest BCUT2D eigenvalue weighted by Gasteiger charge is 2.27. The molecule has 1 N–H and O–H groups in total. The summed E-state index contributed by atoms with van der Waals surface area (Å²) in [5, 5.41) is 13.4. The Morgan fingerprint density at radius 3 is 2.78 bits per heavy atom. The summed E-state index contributed by atoms with van der Waals surface area (Å²) in [5.74, 6) is 0.213. The van der Waals surface area contributed by atoms with Crippen LogP contribution in [0.3, 0.4) is 0 Å². The summed E-state index contributed by atoms with van der Waals surface area (Å²) in [6.45, 7) is 3.95. The number of amides is 1. The second kappa shape index (κ2) is 9.65. The van der Waals surface area contributed by atoms with Crippen molar-refractivity contribution in [1.29, 1.82) is 5.26 Å². The van der Waals surface area contributed by atoms with Gasteiger partial charge < -0.3 is 15.0 Å². The largest absolute Gasteiger partial charge is 0.494 e. The molecule has 4 rings (SSSR count). The van der Waals surface area contributed by atoms with Crippen LogP contribution in [0, 0.1) is 23.1 Å². The Kier molecular flexibility index (Phi) is 6.50. The number of ether oxygens (including phenoxy) is 1. The van der Waals surface area contributed by atoms with Gasteiger partial charge in [-0.1, -0.05) is 18.2 Å². The SMILES string of the molecule is CCOc1ccc2ncc(C#N)c(N3CCC(C(=O)NCc4ccccc4F)CC3)c2c1. The fourth-order valence-corrected chi connectivity index (χ4v) is 4.17. The average Bonchev–Trinajstić information content (AvgIpc) is 2.83. The van der Waals surface area contributed by atoms with Crippen molar-refractivity contribution in [3.63, 3.8) is 0 Å². The van der Waals surface area contributed by atoms with E-state index in [1.54, 1.807) is 24.4 Å². The second-order valence-corrected chi connectivity index (χ2v) is 7.81. The fourth-order valence-electron chi connectivity index (χ4n) is 4.17. The minimum Gasteiger partial charge on any atom is -0.494 e. The molecule has 2 aromatic carbocycles. The Labute approximate surface area is 186 Å². The molecule has 0 bridgehead atoms. The molecule has 1 aromatic heterocycles. The zero-order chi connectivity index (χ0) is 22.5. The molecule has 6 nitrogen and oxygen atoms in total.